The van der Waals surface area contributed by atoms with Gasteiger partial charge in [-0.05, 0) is 33.4 Å². The monoisotopic (exact) mass is 249 g/mol. The van der Waals surface area contributed by atoms with Crippen LogP contribution in [0.5, 0.6) is 0 Å². The predicted molar refractivity (Wildman–Crippen MR) is 73.2 cm³/mol. The molecule has 0 radical (unpaired) electrons. The molecule has 0 atom stereocenters. The van der Waals surface area contributed by atoms with Crippen molar-refractivity contribution in [2.24, 2.45) is 5.41 Å². The van der Waals surface area contributed by atoms with Gasteiger partial charge in [0.25, 0.3) is 0 Å². The summed E-state index contributed by atoms with van der Waals surface area (Å²) >= 11 is 0. The molecule has 1 aromatic carbocycles. The minimum atomic E-state index is -0.419. The number of ether oxygens (including phenoxy) is 1. The van der Waals surface area contributed by atoms with E-state index in [9.17, 15) is 4.79 Å². The fourth-order valence-electron chi connectivity index (χ4n) is 1.48. The van der Waals surface area contributed by atoms with Gasteiger partial charge in [-0.25, -0.2) is 0 Å². The highest BCUT2D eigenvalue weighted by molar-refractivity contribution is 5.75. The maximum Gasteiger partial charge on any atom is 0.311 e. The van der Waals surface area contributed by atoms with E-state index < -0.39 is 5.41 Å². The molecule has 3 nitrogen and oxygen atoms in total. The lowest BCUT2D eigenvalue weighted by atomic mass is 9.97. The summed E-state index contributed by atoms with van der Waals surface area (Å²) in [7, 11) is 2.03. The SMILES string of the molecule is CN(CCOC(=O)C(C)(C)C)Cc1ccccc1. The molecule has 100 valence electrons. The van der Waals surface area contributed by atoms with E-state index in [4.69, 9.17) is 4.74 Å². The van der Waals surface area contributed by atoms with Crippen LogP contribution >= 0.6 is 0 Å². The highest BCUT2D eigenvalue weighted by atomic mass is 16.5. The summed E-state index contributed by atoms with van der Waals surface area (Å²) in [5, 5.41) is 0. The molecule has 0 unspecified atom stereocenters. The molecule has 0 aromatic heterocycles. The van der Waals surface area contributed by atoms with Crippen LogP contribution in [0.15, 0.2) is 30.3 Å². The van der Waals surface area contributed by atoms with E-state index in [0.717, 1.165) is 13.1 Å². The zero-order chi connectivity index (χ0) is 13.6. The second-order valence-electron chi connectivity index (χ2n) is 5.61. The van der Waals surface area contributed by atoms with Crippen molar-refractivity contribution in [1.82, 2.24) is 4.90 Å². The molecule has 0 saturated heterocycles. The first-order valence-corrected chi connectivity index (χ1v) is 6.29. The first-order chi connectivity index (χ1) is 8.39. The third-order valence-corrected chi connectivity index (χ3v) is 2.61. The molecular formula is C15H23NO2. The van der Waals surface area contributed by atoms with Crippen molar-refractivity contribution in [3.63, 3.8) is 0 Å². The number of nitrogens with zero attached hydrogens (tertiary/aromatic N) is 1. The quantitative estimate of drug-likeness (QED) is 0.751. The number of hydrogen-bond acceptors (Lipinski definition) is 3. The molecule has 0 aliphatic rings. The lowest BCUT2D eigenvalue weighted by Crippen LogP contribution is -2.28. The summed E-state index contributed by atoms with van der Waals surface area (Å²) in [6, 6.07) is 10.3. The number of carbonyl (C=O) groups excluding carboxylic acids is 1. The Bertz CT molecular complexity index is 368. The van der Waals surface area contributed by atoms with Gasteiger partial charge in [0.1, 0.15) is 6.61 Å². The zero-order valence-electron chi connectivity index (χ0n) is 11.8. The maximum absolute atomic E-state index is 11.6. The Hall–Kier alpha value is -1.35. The van der Waals surface area contributed by atoms with Gasteiger partial charge in [-0.1, -0.05) is 30.3 Å². The molecule has 1 aromatic rings. The molecule has 1 rings (SSSR count). The lowest BCUT2D eigenvalue weighted by Gasteiger charge is -2.20. The Morgan fingerprint density at radius 2 is 1.83 bits per heavy atom. The van der Waals surface area contributed by atoms with Crippen molar-refractivity contribution in [3.05, 3.63) is 35.9 Å². The number of rotatable bonds is 5. The summed E-state index contributed by atoms with van der Waals surface area (Å²) < 4.78 is 5.23. The summed E-state index contributed by atoms with van der Waals surface area (Å²) in [5.74, 6) is -0.143. The molecule has 0 bridgehead atoms. The Kier molecular flexibility index (Phi) is 5.35. The van der Waals surface area contributed by atoms with Gasteiger partial charge in [0.15, 0.2) is 0 Å². The summed E-state index contributed by atoms with van der Waals surface area (Å²) in [5.41, 5.74) is 0.847. The predicted octanol–water partition coefficient (Wildman–Crippen LogP) is 2.71. The Balaban J connectivity index is 2.26. The molecule has 0 aliphatic heterocycles. The van der Waals surface area contributed by atoms with E-state index in [1.807, 2.05) is 46.0 Å². The Morgan fingerprint density at radius 1 is 1.22 bits per heavy atom. The number of benzene rings is 1. The standard InChI is InChI=1S/C15H23NO2/c1-15(2,3)14(17)18-11-10-16(4)12-13-8-6-5-7-9-13/h5-9H,10-12H2,1-4H3. The van der Waals surface area contributed by atoms with E-state index in [1.165, 1.54) is 5.56 Å². The second kappa shape index (κ2) is 6.55. The highest BCUT2D eigenvalue weighted by Gasteiger charge is 2.22. The highest BCUT2D eigenvalue weighted by Crippen LogP contribution is 2.14. The van der Waals surface area contributed by atoms with E-state index in [1.54, 1.807) is 0 Å². The molecule has 3 heteroatoms. The molecular weight excluding hydrogens is 226 g/mol. The number of carbonyl (C=O) groups is 1. The van der Waals surface area contributed by atoms with Gasteiger partial charge in [0.05, 0.1) is 5.41 Å². The Labute approximate surface area is 110 Å². The van der Waals surface area contributed by atoms with Gasteiger partial charge >= 0.3 is 5.97 Å². The van der Waals surface area contributed by atoms with Crippen LogP contribution in [-0.2, 0) is 16.1 Å². The molecule has 0 N–H and O–H groups in total. The smallest absolute Gasteiger partial charge is 0.311 e. The first-order valence-electron chi connectivity index (χ1n) is 6.29. The minimum Gasteiger partial charge on any atom is -0.464 e. The van der Waals surface area contributed by atoms with E-state index in [-0.39, 0.29) is 5.97 Å². The molecule has 0 amide bonds. The summed E-state index contributed by atoms with van der Waals surface area (Å²) in [6.07, 6.45) is 0. The molecule has 0 fully saturated rings. The molecule has 0 aliphatic carbocycles. The van der Waals surface area contributed by atoms with Crippen molar-refractivity contribution in [1.29, 1.82) is 0 Å². The zero-order valence-corrected chi connectivity index (χ0v) is 11.8. The third kappa shape index (κ3) is 5.32. The Morgan fingerprint density at radius 3 is 2.39 bits per heavy atom. The van der Waals surface area contributed by atoms with Crippen LogP contribution < -0.4 is 0 Å². The fraction of sp³-hybridized carbons (Fsp3) is 0.533. The van der Waals surface area contributed by atoms with Gasteiger partial charge in [0, 0.05) is 13.1 Å². The average molecular weight is 249 g/mol. The summed E-state index contributed by atoms with van der Waals surface area (Å²) in [6.45, 7) is 7.65. The first kappa shape index (κ1) is 14.7. The molecule has 0 heterocycles. The van der Waals surface area contributed by atoms with Crippen molar-refractivity contribution >= 4 is 5.97 Å². The van der Waals surface area contributed by atoms with Crippen LogP contribution in [0.25, 0.3) is 0 Å². The van der Waals surface area contributed by atoms with E-state index >= 15 is 0 Å². The molecule has 0 spiro atoms. The largest absolute Gasteiger partial charge is 0.464 e. The van der Waals surface area contributed by atoms with Crippen LogP contribution in [0.3, 0.4) is 0 Å². The fourth-order valence-corrected chi connectivity index (χ4v) is 1.48. The number of likely N-dealkylation sites (N-methyl/N-ethyl adjacent to an activating group) is 1. The van der Waals surface area contributed by atoms with Crippen LogP contribution in [-0.4, -0.2) is 31.1 Å². The second-order valence-corrected chi connectivity index (χ2v) is 5.61. The van der Waals surface area contributed by atoms with Crippen LogP contribution in [0.2, 0.25) is 0 Å². The summed E-state index contributed by atoms with van der Waals surface area (Å²) in [4.78, 5) is 13.7. The average Bonchev–Trinajstić information content (AvgIpc) is 2.28. The lowest BCUT2D eigenvalue weighted by molar-refractivity contribution is -0.153. The normalized spacial score (nSPS) is 11.6. The van der Waals surface area contributed by atoms with Crippen LogP contribution in [0.1, 0.15) is 26.3 Å². The minimum absolute atomic E-state index is 0.143. The van der Waals surface area contributed by atoms with Gasteiger partial charge < -0.3 is 4.74 Å². The van der Waals surface area contributed by atoms with Crippen molar-refractivity contribution in [2.45, 2.75) is 27.3 Å². The van der Waals surface area contributed by atoms with Crippen molar-refractivity contribution < 1.29 is 9.53 Å². The van der Waals surface area contributed by atoms with Crippen molar-refractivity contribution in [3.8, 4) is 0 Å². The maximum atomic E-state index is 11.6. The molecule has 18 heavy (non-hydrogen) atoms. The number of esters is 1. The van der Waals surface area contributed by atoms with Gasteiger partial charge in [-0.3, -0.25) is 9.69 Å². The van der Waals surface area contributed by atoms with Gasteiger partial charge in [-0.2, -0.15) is 0 Å². The van der Waals surface area contributed by atoms with Gasteiger partial charge in [0.2, 0.25) is 0 Å². The van der Waals surface area contributed by atoms with Crippen molar-refractivity contribution in [2.75, 3.05) is 20.2 Å². The number of hydrogen-bond donors (Lipinski definition) is 0. The van der Waals surface area contributed by atoms with E-state index in [0.29, 0.717) is 6.61 Å². The van der Waals surface area contributed by atoms with Crippen LogP contribution in [0.4, 0.5) is 0 Å². The van der Waals surface area contributed by atoms with Gasteiger partial charge in [-0.15, -0.1) is 0 Å². The van der Waals surface area contributed by atoms with E-state index in [2.05, 4.69) is 17.0 Å². The molecule has 0 saturated carbocycles. The van der Waals surface area contributed by atoms with Crippen LogP contribution in [0, 0.1) is 5.41 Å². The topological polar surface area (TPSA) is 29.5 Å². The third-order valence-electron chi connectivity index (χ3n) is 2.61.